The van der Waals surface area contributed by atoms with Crippen molar-refractivity contribution < 1.29 is 14.4 Å². The number of benzene rings is 1. The number of imide groups is 1. The largest absolute Gasteiger partial charge is 0.299 e. The Labute approximate surface area is 135 Å². The maximum absolute atomic E-state index is 12.9. The molecule has 1 saturated heterocycles. The average molecular weight is 311 g/mol. The third kappa shape index (κ3) is 2.00. The zero-order chi connectivity index (χ0) is 16.3. The van der Waals surface area contributed by atoms with Gasteiger partial charge in [-0.05, 0) is 42.4 Å². The number of carbonyl (C=O) groups excluding carboxylic acids is 3. The molecular weight excluding hydrogens is 290 g/mol. The first-order valence-electron chi connectivity index (χ1n) is 8.49. The van der Waals surface area contributed by atoms with Gasteiger partial charge in [0.2, 0.25) is 11.8 Å². The smallest absolute Gasteiger partial charge is 0.238 e. The molecule has 23 heavy (non-hydrogen) atoms. The summed E-state index contributed by atoms with van der Waals surface area (Å²) in [6.45, 7) is 4.22. The highest BCUT2D eigenvalue weighted by molar-refractivity contribution is 6.23. The minimum atomic E-state index is -0.410. The lowest BCUT2D eigenvalue weighted by Crippen LogP contribution is -2.46. The minimum absolute atomic E-state index is 0.0638. The van der Waals surface area contributed by atoms with Crippen molar-refractivity contribution in [3.63, 3.8) is 0 Å². The van der Waals surface area contributed by atoms with Gasteiger partial charge < -0.3 is 0 Å². The van der Waals surface area contributed by atoms with Crippen molar-refractivity contribution in [3.05, 3.63) is 29.8 Å². The van der Waals surface area contributed by atoms with E-state index < -0.39 is 5.92 Å². The van der Waals surface area contributed by atoms with E-state index >= 15 is 0 Å². The fraction of sp³-hybridized carbons (Fsp3) is 0.526. The van der Waals surface area contributed by atoms with Crippen LogP contribution in [0, 0.1) is 23.7 Å². The van der Waals surface area contributed by atoms with Gasteiger partial charge >= 0.3 is 0 Å². The van der Waals surface area contributed by atoms with Crippen molar-refractivity contribution >= 4 is 23.3 Å². The normalized spacial score (nSPS) is 32.8. The highest BCUT2D eigenvalue weighted by Crippen LogP contribution is 2.52. The van der Waals surface area contributed by atoms with Gasteiger partial charge in [0.1, 0.15) is 5.78 Å². The van der Waals surface area contributed by atoms with Gasteiger partial charge in [-0.15, -0.1) is 0 Å². The molecule has 4 aliphatic rings. The first-order chi connectivity index (χ1) is 11.0. The number of hydrogen-bond acceptors (Lipinski definition) is 3. The van der Waals surface area contributed by atoms with Crippen LogP contribution in [0.5, 0.6) is 0 Å². The molecule has 120 valence electrons. The summed E-state index contributed by atoms with van der Waals surface area (Å²) in [6.07, 6.45) is 2.14. The molecule has 3 saturated carbocycles. The minimum Gasteiger partial charge on any atom is -0.299 e. The number of carbonyl (C=O) groups is 3. The topological polar surface area (TPSA) is 54.5 Å². The fourth-order valence-electron chi connectivity index (χ4n) is 4.65. The van der Waals surface area contributed by atoms with Crippen LogP contribution in [0.1, 0.15) is 44.6 Å². The van der Waals surface area contributed by atoms with Crippen LogP contribution in [-0.4, -0.2) is 17.6 Å². The van der Waals surface area contributed by atoms with Crippen LogP contribution < -0.4 is 4.90 Å². The number of amides is 2. The second-order valence-corrected chi connectivity index (χ2v) is 7.42. The maximum Gasteiger partial charge on any atom is 0.238 e. The van der Waals surface area contributed by atoms with Gasteiger partial charge in [-0.3, -0.25) is 19.3 Å². The summed E-state index contributed by atoms with van der Waals surface area (Å²) in [6, 6.07) is 7.66. The highest BCUT2D eigenvalue weighted by Gasteiger charge is 2.60. The second kappa shape index (κ2) is 5.02. The van der Waals surface area contributed by atoms with E-state index in [9.17, 15) is 14.4 Å². The van der Waals surface area contributed by atoms with E-state index in [1.807, 2.05) is 24.3 Å². The maximum atomic E-state index is 12.9. The van der Waals surface area contributed by atoms with E-state index in [0.717, 1.165) is 12.8 Å². The Balaban J connectivity index is 1.69. The number of fused-ring (bicyclic) bond motifs is 2. The summed E-state index contributed by atoms with van der Waals surface area (Å²) in [5, 5.41) is 0. The fourth-order valence-corrected chi connectivity index (χ4v) is 4.65. The third-order valence-corrected chi connectivity index (χ3v) is 5.88. The first-order valence-corrected chi connectivity index (χ1v) is 8.49. The third-order valence-electron chi connectivity index (χ3n) is 5.88. The average Bonchev–Trinajstić information content (AvgIpc) is 2.81. The number of nitrogens with zero attached hydrogens (tertiary/aromatic N) is 1. The van der Waals surface area contributed by atoms with Crippen LogP contribution in [0.25, 0.3) is 0 Å². The Kier molecular flexibility index (Phi) is 3.19. The van der Waals surface area contributed by atoms with Crippen molar-refractivity contribution in [2.24, 2.45) is 23.7 Å². The summed E-state index contributed by atoms with van der Waals surface area (Å²) < 4.78 is 0. The molecule has 1 heterocycles. The van der Waals surface area contributed by atoms with Crippen LogP contribution in [0.2, 0.25) is 0 Å². The molecule has 0 N–H and O–H groups in total. The Hall–Kier alpha value is -1.97. The molecule has 4 fully saturated rings. The molecule has 2 bridgehead atoms. The van der Waals surface area contributed by atoms with Crippen LogP contribution >= 0.6 is 0 Å². The zero-order valence-electron chi connectivity index (χ0n) is 13.5. The Morgan fingerprint density at radius 2 is 1.61 bits per heavy atom. The predicted molar refractivity (Wildman–Crippen MR) is 85.8 cm³/mol. The zero-order valence-corrected chi connectivity index (χ0v) is 13.5. The van der Waals surface area contributed by atoms with Crippen LogP contribution in [0.3, 0.4) is 0 Å². The Morgan fingerprint density at radius 1 is 0.957 bits per heavy atom. The van der Waals surface area contributed by atoms with E-state index in [4.69, 9.17) is 0 Å². The summed E-state index contributed by atoms with van der Waals surface area (Å²) in [4.78, 5) is 39.2. The van der Waals surface area contributed by atoms with Crippen molar-refractivity contribution in [2.75, 3.05) is 4.90 Å². The lowest BCUT2D eigenvalue weighted by Gasteiger charge is -2.41. The molecule has 1 aromatic rings. The van der Waals surface area contributed by atoms with E-state index in [2.05, 4.69) is 13.8 Å². The number of hydrogen-bond donors (Lipinski definition) is 0. The molecule has 4 heteroatoms. The van der Waals surface area contributed by atoms with Gasteiger partial charge in [0, 0.05) is 12.3 Å². The SMILES string of the molecule is CC(C)c1ccc(N2C(=O)C3C4CCC(C(=O)C4)C3C2=O)cc1. The summed E-state index contributed by atoms with van der Waals surface area (Å²) >= 11 is 0. The van der Waals surface area contributed by atoms with Crippen molar-refractivity contribution in [3.8, 4) is 0 Å². The number of Topliss-reactive ketones (excluding diaryl/α,β-unsaturated/α-hetero) is 1. The van der Waals surface area contributed by atoms with E-state index in [1.54, 1.807) is 0 Å². The van der Waals surface area contributed by atoms with Gasteiger partial charge in [0.25, 0.3) is 0 Å². The van der Waals surface area contributed by atoms with E-state index in [-0.39, 0.29) is 35.4 Å². The highest BCUT2D eigenvalue weighted by atomic mass is 16.2. The molecule has 0 radical (unpaired) electrons. The Morgan fingerprint density at radius 3 is 2.22 bits per heavy atom. The van der Waals surface area contributed by atoms with Gasteiger partial charge in [-0.2, -0.15) is 0 Å². The second-order valence-electron chi connectivity index (χ2n) is 7.42. The number of rotatable bonds is 2. The monoisotopic (exact) mass is 311 g/mol. The summed E-state index contributed by atoms with van der Waals surface area (Å²) in [7, 11) is 0. The van der Waals surface area contributed by atoms with Gasteiger partial charge in [-0.1, -0.05) is 26.0 Å². The number of anilines is 1. The summed E-state index contributed by atoms with van der Waals surface area (Å²) in [5.41, 5.74) is 1.83. The van der Waals surface area contributed by atoms with Gasteiger partial charge in [-0.25, -0.2) is 0 Å². The van der Waals surface area contributed by atoms with Crippen molar-refractivity contribution in [1.29, 1.82) is 0 Å². The van der Waals surface area contributed by atoms with Crippen LogP contribution in [0.15, 0.2) is 24.3 Å². The first kappa shape index (κ1) is 14.6. The standard InChI is InChI=1S/C19H21NO3/c1-10(2)11-3-6-13(7-4-11)20-18(22)16-12-5-8-14(15(21)9-12)17(16)19(20)23/h3-4,6-7,10,12,14,16-17H,5,8-9H2,1-2H3. The van der Waals surface area contributed by atoms with E-state index in [1.165, 1.54) is 10.5 Å². The molecule has 4 nitrogen and oxygen atoms in total. The number of ketones is 1. The van der Waals surface area contributed by atoms with Gasteiger partial charge in [0.05, 0.1) is 17.5 Å². The van der Waals surface area contributed by atoms with Crippen LogP contribution in [0.4, 0.5) is 5.69 Å². The molecule has 1 aliphatic heterocycles. The van der Waals surface area contributed by atoms with Gasteiger partial charge in [0.15, 0.2) is 0 Å². The molecule has 1 aromatic carbocycles. The van der Waals surface area contributed by atoms with Crippen LogP contribution in [-0.2, 0) is 14.4 Å². The molecule has 4 unspecified atom stereocenters. The molecule has 0 spiro atoms. The quantitative estimate of drug-likeness (QED) is 0.789. The molecule has 2 amide bonds. The molecule has 3 aliphatic carbocycles. The van der Waals surface area contributed by atoms with E-state index in [0.29, 0.717) is 18.0 Å². The Bertz CT molecular complexity index is 691. The molecule has 4 atom stereocenters. The lowest BCUT2D eigenvalue weighted by molar-refractivity contribution is -0.143. The molecular formula is C19H21NO3. The lowest BCUT2D eigenvalue weighted by atomic mass is 9.59. The molecule has 0 aromatic heterocycles. The van der Waals surface area contributed by atoms with Crippen molar-refractivity contribution in [1.82, 2.24) is 0 Å². The molecule has 5 rings (SSSR count). The predicted octanol–water partition coefficient (Wildman–Crippen LogP) is 2.91. The van der Waals surface area contributed by atoms with Crippen molar-refractivity contribution in [2.45, 2.75) is 39.0 Å². The summed E-state index contributed by atoms with van der Waals surface area (Å²) in [5.74, 6) is -0.531.